The zero-order valence-corrected chi connectivity index (χ0v) is 11.9. The Morgan fingerprint density at radius 3 is 2.55 bits per heavy atom. The number of hydrogen-bond donors (Lipinski definition) is 1. The molecule has 0 amide bonds. The molecule has 2 rings (SSSR count). The van der Waals surface area contributed by atoms with Gasteiger partial charge in [0.05, 0.1) is 22.7 Å². The summed E-state index contributed by atoms with van der Waals surface area (Å²) in [7, 11) is 0. The van der Waals surface area contributed by atoms with Crippen LogP contribution in [0.1, 0.15) is 16.8 Å². The average Bonchev–Trinajstić information content (AvgIpc) is 2.39. The van der Waals surface area contributed by atoms with Gasteiger partial charge >= 0.3 is 0 Å². The summed E-state index contributed by atoms with van der Waals surface area (Å²) < 4.78 is 0. The van der Waals surface area contributed by atoms with Crippen molar-refractivity contribution in [3.63, 3.8) is 0 Å². The fraction of sp³-hybridized carbons (Fsp3) is 0.214. The first-order valence-corrected chi connectivity index (χ1v) is 6.45. The molecule has 0 aliphatic heterocycles. The standard InChI is InChI=1S/C14H14ClN3O2/c1-9-7-17-13(10(2)14(9)18(19)20)8-16-12-5-3-11(15)4-6-12/h3-7,16H,8H2,1-2H3. The van der Waals surface area contributed by atoms with E-state index in [9.17, 15) is 10.1 Å². The van der Waals surface area contributed by atoms with E-state index in [1.54, 1.807) is 26.0 Å². The molecule has 5 nitrogen and oxygen atoms in total. The number of rotatable bonds is 4. The zero-order valence-electron chi connectivity index (χ0n) is 11.2. The first-order chi connectivity index (χ1) is 9.49. The van der Waals surface area contributed by atoms with Crippen LogP contribution in [0.4, 0.5) is 11.4 Å². The van der Waals surface area contributed by atoms with Crippen molar-refractivity contribution in [1.82, 2.24) is 4.98 Å². The van der Waals surface area contributed by atoms with Crippen molar-refractivity contribution in [1.29, 1.82) is 0 Å². The first-order valence-electron chi connectivity index (χ1n) is 6.08. The first kappa shape index (κ1) is 14.3. The minimum absolute atomic E-state index is 0.132. The molecule has 0 radical (unpaired) electrons. The third kappa shape index (κ3) is 3.05. The van der Waals surface area contributed by atoms with Gasteiger partial charge < -0.3 is 5.32 Å². The molecule has 0 aliphatic rings. The molecule has 6 heteroatoms. The molecule has 1 aromatic heterocycles. The molecule has 1 aromatic carbocycles. The van der Waals surface area contributed by atoms with E-state index in [4.69, 9.17) is 11.6 Å². The summed E-state index contributed by atoms with van der Waals surface area (Å²) in [5.41, 5.74) is 2.85. The van der Waals surface area contributed by atoms with Gasteiger partial charge in [-0.25, -0.2) is 0 Å². The maximum atomic E-state index is 11.0. The lowest BCUT2D eigenvalue weighted by molar-refractivity contribution is -0.386. The van der Waals surface area contributed by atoms with Crippen molar-refractivity contribution in [2.24, 2.45) is 0 Å². The molecular weight excluding hydrogens is 278 g/mol. The molecule has 0 aliphatic carbocycles. The minimum atomic E-state index is -0.363. The highest BCUT2D eigenvalue weighted by atomic mass is 35.5. The van der Waals surface area contributed by atoms with Crippen LogP contribution in [0.5, 0.6) is 0 Å². The highest BCUT2D eigenvalue weighted by Crippen LogP contribution is 2.24. The van der Waals surface area contributed by atoms with Crippen molar-refractivity contribution >= 4 is 23.0 Å². The van der Waals surface area contributed by atoms with Gasteiger partial charge in [-0.15, -0.1) is 0 Å². The van der Waals surface area contributed by atoms with Gasteiger partial charge in [-0.05, 0) is 38.1 Å². The maximum Gasteiger partial charge on any atom is 0.278 e. The lowest BCUT2D eigenvalue weighted by Crippen LogP contribution is -2.07. The predicted molar refractivity (Wildman–Crippen MR) is 79.1 cm³/mol. The molecule has 0 saturated heterocycles. The molecule has 0 bridgehead atoms. The number of anilines is 1. The van der Waals surface area contributed by atoms with Crippen LogP contribution < -0.4 is 5.32 Å². The van der Waals surface area contributed by atoms with Crippen molar-refractivity contribution in [3.05, 3.63) is 62.4 Å². The van der Waals surface area contributed by atoms with Crippen LogP contribution in [-0.4, -0.2) is 9.91 Å². The molecule has 20 heavy (non-hydrogen) atoms. The number of nitro groups is 1. The van der Waals surface area contributed by atoms with Gasteiger partial charge in [0.2, 0.25) is 0 Å². The molecular formula is C14H14ClN3O2. The van der Waals surface area contributed by atoms with Crippen molar-refractivity contribution in [2.75, 3.05) is 5.32 Å². The lowest BCUT2D eigenvalue weighted by Gasteiger charge is -2.09. The number of nitrogens with one attached hydrogen (secondary N) is 1. The fourth-order valence-corrected chi connectivity index (χ4v) is 2.10. The third-order valence-electron chi connectivity index (χ3n) is 3.06. The van der Waals surface area contributed by atoms with E-state index in [1.807, 2.05) is 12.1 Å². The normalized spacial score (nSPS) is 10.3. The Kier molecular flexibility index (Phi) is 4.20. The van der Waals surface area contributed by atoms with E-state index < -0.39 is 0 Å². The molecule has 104 valence electrons. The van der Waals surface area contributed by atoms with Crippen LogP contribution in [0.25, 0.3) is 0 Å². The number of pyridine rings is 1. The summed E-state index contributed by atoms with van der Waals surface area (Å²) in [6.07, 6.45) is 1.53. The predicted octanol–water partition coefficient (Wildman–Crippen LogP) is 3.87. The van der Waals surface area contributed by atoms with Crippen LogP contribution in [-0.2, 0) is 6.54 Å². The summed E-state index contributed by atoms with van der Waals surface area (Å²) in [6, 6.07) is 7.25. The van der Waals surface area contributed by atoms with Crippen LogP contribution in [0, 0.1) is 24.0 Å². The second-order valence-corrected chi connectivity index (χ2v) is 4.92. The Morgan fingerprint density at radius 2 is 1.95 bits per heavy atom. The highest BCUT2D eigenvalue weighted by molar-refractivity contribution is 6.30. The fourth-order valence-electron chi connectivity index (χ4n) is 1.98. The summed E-state index contributed by atoms with van der Waals surface area (Å²) in [6.45, 7) is 3.83. The number of halogens is 1. The summed E-state index contributed by atoms with van der Waals surface area (Å²) in [5, 5.41) is 14.9. The highest BCUT2D eigenvalue weighted by Gasteiger charge is 2.18. The molecule has 0 fully saturated rings. The summed E-state index contributed by atoms with van der Waals surface area (Å²) >= 11 is 5.81. The van der Waals surface area contributed by atoms with Crippen LogP contribution >= 0.6 is 11.6 Å². The van der Waals surface area contributed by atoms with Gasteiger partial charge in [-0.2, -0.15) is 0 Å². The van der Waals surface area contributed by atoms with Crippen molar-refractivity contribution < 1.29 is 4.92 Å². The number of aryl methyl sites for hydroxylation is 1. The monoisotopic (exact) mass is 291 g/mol. The summed E-state index contributed by atoms with van der Waals surface area (Å²) in [5.74, 6) is 0. The van der Waals surface area contributed by atoms with Crippen LogP contribution in [0.15, 0.2) is 30.5 Å². The van der Waals surface area contributed by atoms with Gasteiger partial charge in [0.1, 0.15) is 0 Å². The van der Waals surface area contributed by atoms with E-state index in [0.29, 0.717) is 28.4 Å². The SMILES string of the molecule is Cc1cnc(CNc2ccc(Cl)cc2)c(C)c1[N+](=O)[O-]. The van der Waals surface area contributed by atoms with Gasteiger partial charge in [-0.1, -0.05) is 11.6 Å². The number of nitrogens with zero attached hydrogens (tertiary/aromatic N) is 2. The largest absolute Gasteiger partial charge is 0.379 e. The third-order valence-corrected chi connectivity index (χ3v) is 3.31. The van der Waals surface area contributed by atoms with E-state index in [2.05, 4.69) is 10.3 Å². The molecule has 0 spiro atoms. The smallest absolute Gasteiger partial charge is 0.278 e. The van der Waals surface area contributed by atoms with Gasteiger partial charge in [0.15, 0.2) is 0 Å². The molecule has 1 heterocycles. The van der Waals surface area contributed by atoms with E-state index >= 15 is 0 Å². The van der Waals surface area contributed by atoms with Crippen molar-refractivity contribution in [3.8, 4) is 0 Å². The Morgan fingerprint density at radius 1 is 1.30 bits per heavy atom. The topological polar surface area (TPSA) is 68.1 Å². The number of aromatic nitrogens is 1. The van der Waals surface area contributed by atoms with Gasteiger partial charge in [-0.3, -0.25) is 15.1 Å². The Balaban J connectivity index is 2.20. The Bertz CT molecular complexity index is 642. The number of hydrogen-bond acceptors (Lipinski definition) is 4. The van der Waals surface area contributed by atoms with Crippen molar-refractivity contribution in [2.45, 2.75) is 20.4 Å². The molecule has 0 unspecified atom stereocenters. The zero-order chi connectivity index (χ0) is 14.7. The van der Waals surface area contributed by atoms with E-state index in [1.165, 1.54) is 6.20 Å². The molecule has 0 atom stereocenters. The molecule has 0 saturated carbocycles. The minimum Gasteiger partial charge on any atom is -0.379 e. The Hall–Kier alpha value is -2.14. The summed E-state index contributed by atoms with van der Waals surface area (Å²) in [4.78, 5) is 14.9. The number of benzene rings is 1. The van der Waals surface area contributed by atoms with Gasteiger partial charge in [0, 0.05) is 22.5 Å². The Labute approximate surface area is 121 Å². The average molecular weight is 292 g/mol. The van der Waals surface area contributed by atoms with Crippen LogP contribution in [0.2, 0.25) is 5.02 Å². The molecule has 1 N–H and O–H groups in total. The molecule has 2 aromatic rings. The van der Waals surface area contributed by atoms with E-state index in [-0.39, 0.29) is 10.6 Å². The van der Waals surface area contributed by atoms with E-state index in [0.717, 1.165) is 5.69 Å². The quantitative estimate of drug-likeness (QED) is 0.686. The lowest BCUT2D eigenvalue weighted by atomic mass is 10.1. The maximum absolute atomic E-state index is 11.0. The second-order valence-electron chi connectivity index (χ2n) is 4.48. The van der Waals surface area contributed by atoms with Crippen LogP contribution in [0.3, 0.4) is 0 Å². The van der Waals surface area contributed by atoms with Gasteiger partial charge in [0.25, 0.3) is 5.69 Å². The second kappa shape index (κ2) is 5.88.